The van der Waals surface area contributed by atoms with Gasteiger partial charge in [-0.15, -0.1) is 0 Å². The van der Waals surface area contributed by atoms with Crippen molar-refractivity contribution in [2.45, 2.75) is 57.7 Å². The predicted molar refractivity (Wildman–Crippen MR) is 67.4 cm³/mol. The summed E-state index contributed by atoms with van der Waals surface area (Å²) in [5.74, 6) is 0.0727. The molecular weight excluding hydrogens is 257 g/mol. The van der Waals surface area contributed by atoms with Crippen molar-refractivity contribution in [2.24, 2.45) is 17.6 Å². The number of primary amides is 1. The Labute approximate surface area is 112 Å². The number of alkyl halides is 3. The van der Waals surface area contributed by atoms with Crippen LogP contribution in [0.5, 0.6) is 0 Å². The predicted octanol–water partition coefficient (Wildman–Crippen LogP) is 2.60. The zero-order valence-electron chi connectivity index (χ0n) is 11.5. The summed E-state index contributed by atoms with van der Waals surface area (Å²) in [6.07, 6.45) is -0.897. The van der Waals surface area contributed by atoms with E-state index in [0.717, 1.165) is 19.3 Å². The van der Waals surface area contributed by atoms with Gasteiger partial charge in [-0.05, 0) is 31.1 Å². The summed E-state index contributed by atoms with van der Waals surface area (Å²) in [7, 11) is 0. The van der Waals surface area contributed by atoms with Crippen LogP contribution in [-0.4, -0.2) is 24.2 Å². The lowest BCUT2D eigenvalue weighted by atomic mass is 9.72. The fourth-order valence-electron chi connectivity index (χ4n) is 3.00. The van der Waals surface area contributed by atoms with Crippen LogP contribution in [0.15, 0.2) is 0 Å². The van der Waals surface area contributed by atoms with Gasteiger partial charge in [-0.25, -0.2) is 0 Å². The van der Waals surface area contributed by atoms with Crippen LogP contribution in [0.4, 0.5) is 13.2 Å². The molecule has 0 bridgehead atoms. The van der Waals surface area contributed by atoms with Gasteiger partial charge in [0, 0.05) is 0 Å². The van der Waals surface area contributed by atoms with Crippen molar-refractivity contribution in [3.63, 3.8) is 0 Å². The van der Waals surface area contributed by atoms with Crippen molar-refractivity contribution in [3.05, 3.63) is 0 Å². The molecule has 3 N–H and O–H groups in total. The Kier molecular flexibility index (Phi) is 5.24. The number of hydrogen-bond acceptors (Lipinski definition) is 2. The molecule has 0 aromatic heterocycles. The molecule has 19 heavy (non-hydrogen) atoms. The number of nitrogens with one attached hydrogen (secondary N) is 1. The Bertz CT molecular complexity index is 318. The summed E-state index contributed by atoms with van der Waals surface area (Å²) in [4.78, 5) is 11.6. The van der Waals surface area contributed by atoms with Crippen molar-refractivity contribution in [1.29, 1.82) is 0 Å². The highest BCUT2D eigenvalue weighted by molar-refractivity contribution is 5.84. The lowest BCUT2D eigenvalue weighted by Gasteiger charge is -2.40. The highest BCUT2D eigenvalue weighted by atomic mass is 19.4. The van der Waals surface area contributed by atoms with E-state index in [-0.39, 0.29) is 5.92 Å². The number of halogens is 3. The van der Waals surface area contributed by atoms with Gasteiger partial charge in [-0.1, -0.05) is 26.7 Å². The van der Waals surface area contributed by atoms with Crippen molar-refractivity contribution in [2.75, 3.05) is 6.54 Å². The van der Waals surface area contributed by atoms with Crippen LogP contribution < -0.4 is 11.1 Å². The smallest absolute Gasteiger partial charge is 0.368 e. The highest BCUT2D eigenvalue weighted by Gasteiger charge is 2.43. The van der Waals surface area contributed by atoms with Crippen molar-refractivity contribution < 1.29 is 18.0 Å². The molecule has 1 amide bonds. The van der Waals surface area contributed by atoms with Crippen LogP contribution in [0.1, 0.15) is 46.0 Å². The molecule has 1 fully saturated rings. The third-order valence-electron chi connectivity index (χ3n) is 3.76. The molecule has 0 radical (unpaired) electrons. The Morgan fingerprint density at radius 2 is 2.11 bits per heavy atom. The molecule has 0 aromatic carbocycles. The summed E-state index contributed by atoms with van der Waals surface area (Å²) < 4.78 is 37.0. The Morgan fingerprint density at radius 3 is 2.58 bits per heavy atom. The number of carbonyl (C=O) groups excluding carboxylic acids is 1. The number of amides is 1. The molecule has 1 aliphatic rings. The lowest BCUT2D eigenvalue weighted by Crippen LogP contribution is -2.59. The minimum Gasteiger partial charge on any atom is -0.368 e. The summed E-state index contributed by atoms with van der Waals surface area (Å²) in [6.45, 7) is 2.98. The van der Waals surface area contributed by atoms with Crippen LogP contribution in [0.3, 0.4) is 0 Å². The molecule has 3 nitrogen and oxygen atoms in total. The summed E-state index contributed by atoms with van der Waals surface area (Å²) in [5.41, 5.74) is 4.17. The van der Waals surface area contributed by atoms with Crippen molar-refractivity contribution in [3.8, 4) is 0 Å². The maximum atomic E-state index is 12.3. The normalized spacial score (nSPS) is 28.6. The van der Waals surface area contributed by atoms with Gasteiger partial charge in [0.05, 0.1) is 12.1 Å². The zero-order chi connectivity index (χ0) is 14.7. The molecule has 1 aliphatic carbocycles. The second kappa shape index (κ2) is 6.11. The Balaban J connectivity index is 2.72. The van der Waals surface area contributed by atoms with E-state index in [9.17, 15) is 18.0 Å². The molecule has 2 atom stereocenters. The Morgan fingerprint density at radius 1 is 1.47 bits per heavy atom. The van der Waals surface area contributed by atoms with Gasteiger partial charge < -0.3 is 5.73 Å². The monoisotopic (exact) mass is 280 g/mol. The quantitative estimate of drug-likeness (QED) is 0.813. The van der Waals surface area contributed by atoms with Crippen molar-refractivity contribution >= 4 is 5.91 Å². The van der Waals surface area contributed by atoms with Gasteiger partial charge in [0.15, 0.2) is 0 Å². The van der Waals surface area contributed by atoms with E-state index in [1.54, 1.807) is 0 Å². The van der Waals surface area contributed by atoms with Crippen LogP contribution in [0, 0.1) is 11.8 Å². The molecule has 6 heteroatoms. The molecule has 0 saturated heterocycles. The number of hydrogen-bond donors (Lipinski definition) is 2. The molecule has 0 aliphatic heterocycles. The van der Waals surface area contributed by atoms with Gasteiger partial charge in [0.25, 0.3) is 0 Å². The SMILES string of the molecule is CC(C)CC1CCCC(NCC(F)(F)F)(C(N)=O)C1. The lowest BCUT2D eigenvalue weighted by molar-refractivity contribution is -0.138. The topological polar surface area (TPSA) is 55.1 Å². The number of rotatable bonds is 5. The van der Waals surface area contributed by atoms with Gasteiger partial charge in [0.2, 0.25) is 5.91 Å². The van der Waals surface area contributed by atoms with E-state index in [1.807, 2.05) is 0 Å². The third-order valence-corrected chi connectivity index (χ3v) is 3.76. The van der Waals surface area contributed by atoms with E-state index in [4.69, 9.17) is 5.73 Å². The van der Waals surface area contributed by atoms with Gasteiger partial charge >= 0.3 is 6.18 Å². The largest absolute Gasteiger partial charge is 0.401 e. The molecule has 0 spiro atoms. The molecule has 1 saturated carbocycles. The van der Waals surface area contributed by atoms with Gasteiger partial charge in [0.1, 0.15) is 0 Å². The fraction of sp³-hybridized carbons (Fsp3) is 0.923. The summed E-state index contributed by atoms with van der Waals surface area (Å²) in [5, 5.41) is 2.38. The number of carbonyl (C=O) groups is 1. The van der Waals surface area contributed by atoms with Crippen molar-refractivity contribution in [1.82, 2.24) is 5.32 Å². The van der Waals surface area contributed by atoms with Crippen LogP contribution in [-0.2, 0) is 4.79 Å². The number of nitrogens with two attached hydrogens (primary N) is 1. The fourth-order valence-corrected chi connectivity index (χ4v) is 3.00. The van der Waals surface area contributed by atoms with Gasteiger partial charge in [-0.2, -0.15) is 13.2 Å². The molecule has 2 unspecified atom stereocenters. The first kappa shape index (κ1) is 16.3. The standard InChI is InChI=1S/C13H23F3N2O/c1-9(2)6-10-4-3-5-12(7-10,11(17)19)18-8-13(14,15)16/h9-10,18H,3-8H2,1-2H3,(H2,17,19). The van der Waals surface area contributed by atoms with E-state index in [0.29, 0.717) is 18.8 Å². The molecular formula is C13H23F3N2O. The molecule has 0 aromatic rings. The second-order valence-electron chi connectivity index (χ2n) is 6.01. The first-order valence-electron chi connectivity index (χ1n) is 6.76. The minimum absolute atomic E-state index is 0.266. The second-order valence-corrected chi connectivity index (χ2v) is 6.01. The summed E-state index contributed by atoms with van der Waals surface area (Å²) >= 11 is 0. The van der Waals surface area contributed by atoms with Gasteiger partial charge in [-0.3, -0.25) is 10.1 Å². The minimum atomic E-state index is -4.33. The zero-order valence-corrected chi connectivity index (χ0v) is 11.5. The van der Waals surface area contributed by atoms with Crippen LogP contribution in [0.2, 0.25) is 0 Å². The average Bonchev–Trinajstić information content (AvgIpc) is 2.24. The van der Waals surface area contributed by atoms with Crippen LogP contribution in [0.25, 0.3) is 0 Å². The molecule has 0 heterocycles. The average molecular weight is 280 g/mol. The van der Waals surface area contributed by atoms with E-state index in [2.05, 4.69) is 19.2 Å². The van der Waals surface area contributed by atoms with Crippen LogP contribution >= 0.6 is 0 Å². The third kappa shape index (κ3) is 5.01. The maximum absolute atomic E-state index is 12.3. The molecule has 112 valence electrons. The molecule has 1 rings (SSSR count). The first-order chi connectivity index (χ1) is 8.65. The first-order valence-corrected chi connectivity index (χ1v) is 6.76. The van der Waals surface area contributed by atoms with E-state index < -0.39 is 24.2 Å². The maximum Gasteiger partial charge on any atom is 0.401 e. The summed E-state index contributed by atoms with van der Waals surface area (Å²) in [6, 6.07) is 0. The highest BCUT2D eigenvalue weighted by Crippen LogP contribution is 2.36. The Hall–Kier alpha value is -0.780. The van der Waals surface area contributed by atoms with E-state index >= 15 is 0 Å². The van der Waals surface area contributed by atoms with E-state index in [1.165, 1.54) is 0 Å².